The van der Waals surface area contributed by atoms with Gasteiger partial charge in [0.15, 0.2) is 0 Å². The molecular weight excluding hydrogens is 312 g/mol. The Morgan fingerprint density at radius 3 is 2.65 bits per heavy atom. The van der Waals surface area contributed by atoms with E-state index in [2.05, 4.69) is 10.3 Å². The molecule has 1 unspecified atom stereocenters. The summed E-state index contributed by atoms with van der Waals surface area (Å²) in [5, 5.41) is 13.5. The molecule has 0 bridgehead atoms. The fourth-order valence-corrected chi connectivity index (χ4v) is 2.55. The number of carbonyl (C=O) groups is 1. The van der Waals surface area contributed by atoms with Gasteiger partial charge in [-0.05, 0) is 42.8 Å². The minimum absolute atomic E-state index is 0.115. The number of nitrogens with zero attached hydrogens (tertiary/aromatic N) is 1. The smallest absolute Gasteiger partial charge is 0.221 e. The van der Waals surface area contributed by atoms with Gasteiger partial charge in [0.1, 0.15) is 12.4 Å². The van der Waals surface area contributed by atoms with Crippen LogP contribution in [0.5, 0.6) is 5.75 Å². The largest absolute Gasteiger partial charge is 0.491 e. The Balaban J connectivity index is 1.74. The lowest BCUT2D eigenvalue weighted by atomic mass is 10.3. The van der Waals surface area contributed by atoms with Crippen LogP contribution in [0, 0.1) is 6.92 Å². The maximum absolute atomic E-state index is 10.9. The van der Waals surface area contributed by atoms with Gasteiger partial charge in [0.05, 0.1) is 11.1 Å². The van der Waals surface area contributed by atoms with Crippen molar-refractivity contribution < 1.29 is 14.6 Å². The normalized spacial score (nSPS) is 11.8. The minimum Gasteiger partial charge on any atom is -0.491 e. The van der Waals surface area contributed by atoms with Crippen molar-refractivity contribution in [3.05, 3.63) is 48.2 Å². The number of ether oxygens (including phenoxy) is 1. The van der Waals surface area contributed by atoms with Gasteiger partial charge in [0, 0.05) is 24.6 Å². The van der Waals surface area contributed by atoms with Crippen LogP contribution in [-0.2, 0) is 4.79 Å². The molecule has 0 saturated carbocycles. The van der Waals surface area contributed by atoms with Crippen molar-refractivity contribution in [3.63, 3.8) is 0 Å². The van der Waals surface area contributed by atoms with Crippen LogP contribution < -0.4 is 10.1 Å². The number of anilines is 1. The highest BCUT2D eigenvalue weighted by molar-refractivity contribution is 7.99. The third-order valence-electron chi connectivity index (χ3n) is 2.92. The number of hydrogen-bond donors (Lipinski definition) is 2. The molecule has 23 heavy (non-hydrogen) atoms. The fourth-order valence-electron chi connectivity index (χ4n) is 1.80. The number of aromatic nitrogens is 1. The predicted molar refractivity (Wildman–Crippen MR) is 91.9 cm³/mol. The molecule has 1 aromatic carbocycles. The topological polar surface area (TPSA) is 71.5 Å². The van der Waals surface area contributed by atoms with Gasteiger partial charge < -0.3 is 15.2 Å². The van der Waals surface area contributed by atoms with E-state index in [0.29, 0.717) is 17.2 Å². The first-order valence-corrected chi connectivity index (χ1v) is 8.25. The highest BCUT2D eigenvalue weighted by Gasteiger charge is 2.07. The average molecular weight is 332 g/mol. The van der Waals surface area contributed by atoms with E-state index in [-0.39, 0.29) is 12.5 Å². The van der Waals surface area contributed by atoms with Gasteiger partial charge in [0.2, 0.25) is 5.91 Å². The molecule has 0 aliphatic carbocycles. The van der Waals surface area contributed by atoms with Gasteiger partial charge in [-0.2, -0.15) is 0 Å². The first-order valence-electron chi connectivity index (χ1n) is 7.27. The van der Waals surface area contributed by atoms with Crippen LogP contribution in [0.1, 0.15) is 12.5 Å². The molecule has 0 saturated heterocycles. The van der Waals surface area contributed by atoms with Gasteiger partial charge in [-0.1, -0.05) is 6.07 Å². The highest BCUT2D eigenvalue weighted by Crippen LogP contribution is 2.18. The van der Waals surface area contributed by atoms with Crippen LogP contribution in [0.4, 0.5) is 5.69 Å². The molecule has 1 atom stereocenters. The zero-order chi connectivity index (χ0) is 16.7. The Labute approximate surface area is 140 Å². The lowest BCUT2D eigenvalue weighted by Gasteiger charge is -2.12. The summed E-state index contributed by atoms with van der Waals surface area (Å²) in [5.74, 6) is 1.05. The first-order chi connectivity index (χ1) is 11.0. The van der Waals surface area contributed by atoms with Crippen molar-refractivity contribution >= 4 is 23.4 Å². The molecule has 1 amide bonds. The molecule has 1 aromatic heterocycles. The zero-order valence-corrected chi connectivity index (χ0v) is 14.0. The molecule has 0 spiro atoms. The van der Waals surface area contributed by atoms with Crippen LogP contribution in [0.3, 0.4) is 0 Å². The number of amides is 1. The Kier molecular flexibility index (Phi) is 6.43. The highest BCUT2D eigenvalue weighted by atomic mass is 32.2. The lowest BCUT2D eigenvalue weighted by Crippen LogP contribution is -2.20. The van der Waals surface area contributed by atoms with E-state index in [1.165, 1.54) is 18.7 Å². The fraction of sp³-hybridized carbons (Fsp3) is 0.294. The summed E-state index contributed by atoms with van der Waals surface area (Å²) in [6.07, 6.45) is 1.22. The molecule has 5 nitrogen and oxygen atoms in total. The first kappa shape index (κ1) is 17.3. The van der Waals surface area contributed by atoms with E-state index in [1.807, 2.05) is 25.3 Å². The number of aliphatic hydroxyl groups excluding tert-OH is 1. The third kappa shape index (κ3) is 6.30. The van der Waals surface area contributed by atoms with E-state index < -0.39 is 6.10 Å². The Bertz CT molecular complexity index is 629. The monoisotopic (exact) mass is 332 g/mol. The van der Waals surface area contributed by atoms with Crippen LogP contribution in [-0.4, -0.2) is 34.5 Å². The van der Waals surface area contributed by atoms with Gasteiger partial charge >= 0.3 is 0 Å². The van der Waals surface area contributed by atoms with Crippen molar-refractivity contribution in [2.24, 2.45) is 0 Å². The van der Waals surface area contributed by atoms with Gasteiger partial charge in [-0.15, -0.1) is 11.8 Å². The van der Waals surface area contributed by atoms with Crippen LogP contribution in [0.15, 0.2) is 47.6 Å². The number of rotatable bonds is 7. The second kappa shape index (κ2) is 8.55. The molecule has 122 valence electrons. The maximum Gasteiger partial charge on any atom is 0.221 e. The Hall–Kier alpha value is -2.05. The lowest BCUT2D eigenvalue weighted by molar-refractivity contribution is -0.114. The molecular formula is C17H20N2O3S. The molecule has 2 rings (SSSR count). The van der Waals surface area contributed by atoms with Crippen LogP contribution >= 0.6 is 11.8 Å². The summed E-state index contributed by atoms with van der Waals surface area (Å²) in [4.78, 5) is 15.2. The minimum atomic E-state index is -0.585. The van der Waals surface area contributed by atoms with E-state index in [9.17, 15) is 9.90 Å². The number of thioether (sulfide) groups is 1. The summed E-state index contributed by atoms with van der Waals surface area (Å²) in [7, 11) is 0. The summed E-state index contributed by atoms with van der Waals surface area (Å²) < 4.78 is 5.54. The van der Waals surface area contributed by atoms with E-state index in [0.717, 1.165) is 10.6 Å². The van der Waals surface area contributed by atoms with Crippen molar-refractivity contribution in [3.8, 4) is 5.75 Å². The SMILES string of the molecule is CC(=O)Nc1ccc(OCC(O)CSc2ccc(C)cn2)cc1. The van der Waals surface area contributed by atoms with Gasteiger partial charge in [-0.25, -0.2) is 4.98 Å². The number of hydrogen-bond acceptors (Lipinski definition) is 5. The molecule has 0 aliphatic rings. The van der Waals surface area contributed by atoms with E-state index in [1.54, 1.807) is 24.3 Å². The molecule has 0 fully saturated rings. The van der Waals surface area contributed by atoms with Crippen LogP contribution in [0.25, 0.3) is 0 Å². The number of aryl methyl sites for hydroxylation is 1. The molecule has 1 heterocycles. The zero-order valence-electron chi connectivity index (χ0n) is 13.2. The second-order valence-corrected chi connectivity index (χ2v) is 6.20. The standard InChI is InChI=1S/C17H20N2O3S/c1-12-3-8-17(18-9-12)23-11-15(21)10-22-16-6-4-14(5-7-16)19-13(2)20/h3-9,15,21H,10-11H2,1-2H3,(H,19,20). The van der Waals surface area contributed by atoms with Crippen molar-refractivity contribution in [1.29, 1.82) is 0 Å². The summed E-state index contributed by atoms with van der Waals surface area (Å²) in [6, 6.07) is 11.0. The summed E-state index contributed by atoms with van der Waals surface area (Å²) in [5.41, 5.74) is 1.83. The van der Waals surface area contributed by atoms with E-state index in [4.69, 9.17) is 4.74 Å². The quantitative estimate of drug-likeness (QED) is 0.763. The second-order valence-electron chi connectivity index (χ2n) is 5.16. The summed E-state index contributed by atoms with van der Waals surface area (Å²) >= 11 is 1.49. The molecule has 0 radical (unpaired) electrons. The molecule has 6 heteroatoms. The Morgan fingerprint density at radius 2 is 2.04 bits per heavy atom. The number of aliphatic hydroxyl groups is 1. The third-order valence-corrected chi connectivity index (χ3v) is 4.01. The number of pyridine rings is 1. The maximum atomic E-state index is 10.9. The predicted octanol–water partition coefficient (Wildman–Crippen LogP) is 2.88. The number of carbonyl (C=O) groups excluding carboxylic acids is 1. The number of nitrogens with one attached hydrogen (secondary N) is 1. The molecule has 2 N–H and O–H groups in total. The van der Waals surface area contributed by atoms with Crippen molar-refractivity contribution in [2.45, 2.75) is 25.0 Å². The summed E-state index contributed by atoms with van der Waals surface area (Å²) in [6.45, 7) is 3.65. The van der Waals surface area contributed by atoms with Crippen molar-refractivity contribution in [1.82, 2.24) is 4.98 Å². The van der Waals surface area contributed by atoms with Gasteiger partial charge in [-0.3, -0.25) is 4.79 Å². The van der Waals surface area contributed by atoms with Gasteiger partial charge in [0.25, 0.3) is 0 Å². The van der Waals surface area contributed by atoms with Crippen molar-refractivity contribution in [2.75, 3.05) is 17.7 Å². The molecule has 0 aliphatic heterocycles. The van der Waals surface area contributed by atoms with Crippen LogP contribution in [0.2, 0.25) is 0 Å². The molecule has 2 aromatic rings. The average Bonchev–Trinajstić information content (AvgIpc) is 2.53. The van der Waals surface area contributed by atoms with E-state index >= 15 is 0 Å². The Morgan fingerprint density at radius 1 is 1.30 bits per heavy atom. The number of benzene rings is 1.